The molecule has 0 aliphatic carbocycles. The fourth-order valence-corrected chi connectivity index (χ4v) is 1.68. The average Bonchev–Trinajstić information content (AvgIpc) is 2.33. The number of nitrogens with zero attached hydrogens (tertiary/aromatic N) is 2. The van der Waals surface area contributed by atoms with E-state index in [4.69, 9.17) is 28.9 Å². The number of rotatable bonds is 2. The van der Waals surface area contributed by atoms with E-state index in [0.717, 1.165) is 11.1 Å². The largest absolute Gasteiger partial charge is 0.386 e. The van der Waals surface area contributed by atoms with Gasteiger partial charge in [-0.1, -0.05) is 11.6 Å². The van der Waals surface area contributed by atoms with Crippen molar-refractivity contribution in [3.8, 4) is 0 Å². The zero-order valence-corrected chi connectivity index (χ0v) is 9.83. The van der Waals surface area contributed by atoms with Crippen LogP contribution in [-0.4, -0.2) is 16.7 Å². The number of hydrogen-bond donors (Lipinski definition) is 1. The monoisotopic (exact) mass is 253 g/mol. The number of amidine groups is 1. The quantitative estimate of drug-likeness (QED) is 0.508. The van der Waals surface area contributed by atoms with Gasteiger partial charge in [-0.25, -0.2) is 4.99 Å². The van der Waals surface area contributed by atoms with Crippen LogP contribution < -0.4 is 5.73 Å². The Hall–Kier alpha value is -1.32. The Morgan fingerprint density at radius 3 is 2.94 bits per heavy atom. The highest BCUT2D eigenvalue weighted by Crippen LogP contribution is 2.29. The maximum absolute atomic E-state index is 6.03. The zero-order valence-electron chi connectivity index (χ0n) is 8.32. The molecule has 0 fully saturated rings. The Morgan fingerprint density at radius 2 is 2.19 bits per heavy atom. The lowest BCUT2D eigenvalue weighted by atomic mass is 10.2. The Bertz CT molecular complexity index is 552. The van der Waals surface area contributed by atoms with Gasteiger partial charge in [0.25, 0.3) is 0 Å². The Morgan fingerprint density at radius 1 is 1.38 bits per heavy atom. The molecular weight excluding hydrogens is 245 g/mol. The molecule has 0 spiro atoms. The van der Waals surface area contributed by atoms with Crippen molar-refractivity contribution >= 4 is 45.6 Å². The van der Waals surface area contributed by atoms with Crippen LogP contribution in [0.25, 0.3) is 10.9 Å². The van der Waals surface area contributed by atoms with Gasteiger partial charge in [-0.3, -0.25) is 4.98 Å². The van der Waals surface area contributed by atoms with E-state index in [0.29, 0.717) is 16.4 Å². The van der Waals surface area contributed by atoms with Crippen LogP contribution in [0.15, 0.2) is 35.5 Å². The van der Waals surface area contributed by atoms with Crippen LogP contribution in [0.4, 0.5) is 5.69 Å². The highest BCUT2D eigenvalue weighted by molar-refractivity contribution is 6.35. The van der Waals surface area contributed by atoms with Crippen molar-refractivity contribution < 1.29 is 0 Å². The maximum Gasteiger partial charge on any atom is 0.115 e. The van der Waals surface area contributed by atoms with Crippen LogP contribution in [0.3, 0.4) is 0 Å². The molecule has 0 saturated carbocycles. The fourth-order valence-electron chi connectivity index (χ4n) is 1.41. The van der Waals surface area contributed by atoms with Gasteiger partial charge in [0, 0.05) is 11.6 Å². The number of aliphatic imine (C=N–C) groups is 1. The molecule has 1 aromatic heterocycles. The van der Waals surface area contributed by atoms with E-state index in [9.17, 15) is 0 Å². The molecule has 0 aliphatic rings. The molecule has 0 amide bonds. The van der Waals surface area contributed by atoms with E-state index >= 15 is 0 Å². The molecule has 0 radical (unpaired) electrons. The van der Waals surface area contributed by atoms with Gasteiger partial charge in [-0.2, -0.15) is 0 Å². The minimum atomic E-state index is 0.199. The summed E-state index contributed by atoms with van der Waals surface area (Å²) < 4.78 is 0. The van der Waals surface area contributed by atoms with Crippen molar-refractivity contribution in [2.24, 2.45) is 10.7 Å². The average molecular weight is 254 g/mol. The molecule has 1 heterocycles. The second-order valence-electron chi connectivity index (χ2n) is 3.20. The standard InChI is InChI=1S/C11H9Cl2N3/c12-6-10(14)16-9-4-3-8(13)11-7(9)2-1-5-15-11/h1-5H,6H2,(H2,14,16). The first-order valence-corrected chi connectivity index (χ1v) is 5.56. The van der Waals surface area contributed by atoms with Crippen LogP contribution in [0, 0.1) is 0 Å². The van der Waals surface area contributed by atoms with Crippen molar-refractivity contribution in [1.82, 2.24) is 4.98 Å². The molecule has 1 aromatic carbocycles. The van der Waals surface area contributed by atoms with Gasteiger partial charge in [0.15, 0.2) is 0 Å². The molecule has 2 rings (SSSR count). The molecule has 82 valence electrons. The summed E-state index contributed by atoms with van der Waals surface area (Å²) in [5.41, 5.74) is 7.04. The van der Waals surface area contributed by atoms with Crippen molar-refractivity contribution in [3.63, 3.8) is 0 Å². The summed E-state index contributed by atoms with van der Waals surface area (Å²) in [5, 5.41) is 1.46. The summed E-state index contributed by atoms with van der Waals surface area (Å²) in [6.07, 6.45) is 1.69. The molecule has 2 aromatic rings. The van der Waals surface area contributed by atoms with E-state index in [-0.39, 0.29) is 5.88 Å². The smallest absolute Gasteiger partial charge is 0.115 e. The van der Waals surface area contributed by atoms with Gasteiger partial charge in [-0.05, 0) is 24.3 Å². The molecule has 0 unspecified atom stereocenters. The number of aromatic nitrogens is 1. The van der Waals surface area contributed by atoms with Crippen molar-refractivity contribution in [2.45, 2.75) is 0 Å². The van der Waals surface area contributed by atoms with E-state index in [1.807, 2.05) is 12.1 Å². The summed E-state index contributed by atoms with van der Waals surface area (Å²) in [5.74, 6) is 0.568. The number of halogens is 2. The molecule has 16 heavy (non-hydrogen) atoms. The van der Waals surface area contributed by atoms with Gasteiger partial charge < -0.3 is 5.73 Å². The predicted octanol–water partition coefficient (Wildman–Crippen LogP) is 3.12. The number of pyridine rings is 1. The SMILES string of the molecule is NC(CCl)=Nc1ccc(Cl)c2ncccc12. The lowest BCUT2D eigenvalue weighted by molar-refractivity contribution is 1.40. The number of fused-ring (bicyclic) bond motifs is 1. The molecule has 0 atom stereocenters. The molecule has 5 heteroatoms. The van der Waals surface area contributed by atoms with Crippen molar-refractivity contribution in [3.05, 3.63) is 35.5 Å². The van der Waals surface area contributed by atoms with E-state index in [1.54, 1.807) is 18.3 Å². The summed E-state index contributed by atoms with van der Waals surface area (Å²) in [6, 6.07) is 7.27. The Labute approximate surface area is 103 Å². The first-order chi connectivity index (χ1) is 7.72. The van der Waals surface area contributed by atoms with Crippen molar-refractivity contribution in [1.29, 1.82) is 0 Å². The summed E-state index contributed by atoms with van der Waals surface area (Å²) in [7, 11) is 0. The van der Waals surface area contributed by atoms with Crippen LogP contribution >= 0.6 is 23.2 Å². The third-order valence-corrected chi connectivity index (χ3v) is 2.68. The highest BCUT2D eigenvalue weighted by Gasteiger charge is 2.04. The van der Waals surface area contributed by atoms with Crippen LogP contribution in [0.5, 0.6) is 0 Å². The Kier molecular flexibility index (Phi) is 3.27. The van der Waals surface area contributed by atoms with E-state index in [2.05, 4.69) is 9.98 Å². The van der Waals surface area contributed by atoms with E-state index in [1.165, 1.54) is 0 Å². The van der Waals surface area contributed by atoms with Crippen LogP contribution in [0.1, 0.15) is 0 Å². The lowest BCUT2D eigenvalue weighted by Gasteiger charge is -2.03. The molecular formula is C11H9Cl2N3. The summed E-state index contributed by atoms with van der Waals surface area (Å²) >= 11 is 11.6. The molecule has 0 aliphatic heterocycles. The molecule has 2 N–H and O–H groups in total. The number of benzene rings is 1. The lowest BCUT2D eigenvalue weighted by Crippen LogP contribution is -2.12. The maximum atomic E-state index is 6.03. The van der Waals surface area contributed by atoms with Crippen LogP contribution in [0.2, 0.25) is 5.02 Å². The minimum absolute atomic E-state index is 0.199. The van der Waals surface area contributed by atoms with Gasteiger partial charge >= 0.3 is 0 Å². The second-order valence-corrected chi connectivity index (χ2v) is 3.88. The van der Waals surface area contributed by atoms with E-state index < -0.39 is 0 Å². The molecule has 0 bridgehead atoms. The minimum Gasteiger partial charge on any atom is -0.386 e. The Balaban J connectivity index is 2.68. The normalized spacial score (nSPS) is 12.0. The van der Waals surface area contributed by atoms with Crippen LogP contribution in [-0.2, 0) is 0 Å². The second kappa shape index (κ2) is 4.68. The zero-order chi connectivity index (χ0) is 11.5. The highest BCUT2D eigenvalue weighted by atomic mass is 35.5. The summed E-state index contributed by atoms with van der Waals surface area (Å²) in [6.45, 7) is 0. The third-order valence-electron chi connectivity index (χ3n) is 2.10. The van der Waals surface area contributed by atoms with Gasteiger partial charge in [0.1, 0.15) is 5.84 Å². The predicted molar refractivity (Wildman–Crippen MR) is 68.8 cm³/mol. The summed E-state index contributed by atoms with van der Waals surface area (Å²) in [4.78, 5) is 8.41. The fraction of sp³-hybridized carbons (Fsp3) is 0.0909. The number of hydrogen-bond acceptors (Lipinski definition) is 2. The van der Waals surface area contributed by atoms with Gasteiger partial charge in [0.05, 0.1) is 22.1 Å². The number of nitrogens with two attached hydrogens (primary N) is 1. The molecule has 0 saturated heterocycles. The third kappa shape index (κ3) is 2.10. The van der Waals surface area contributed by atoms with Crippen molar-refractivity contribution in [2.75, 3.05) is 5.88 Å². The first kappa shape index (κ1) is 11.2. The molecule has 3 nitrogen and oxygen atoms in total. The van der Waals surface area contributed by atoms with Gasteiger partial charge in [-0.15, -0.1) is 11.6 Å². The number of alkyl halides is 1. The van der Waals surface area contributed by atoms with Gasteiger partial charge in [0.2, 0.25) is 0 Å². The first-order valence-electron chi connectivity index (χ1n) is 4.64. The topological polar surface area (TPSA) is 51.3 Å².